The van der Waals surface area contributed by atoms with E-state index in [-0.39, 0.29) is 5.91 Å². The van der Waals surface area contributed by atoms with Gasteiger partial charge in [-0.2, -0.15) is 0 Å². The number of carbonyl (C=O) groups excluding carboxylic acids is 1. The fraction of sp³-hybridized carbons (Fsp3) is 0.474. The van der Waals surface area contributed by atoms with Gasteiger partial charge in [-0.15, -0.1) is 11.3 Å². The molecule has 24 heavy (non-hydrogen) atoms. The number of thiazole rings is 1. The number of amides is 1. The predicted octanol–water partition coefficient (Wildman–Crippen LogP) is 3.12. The molecule has 1 aliphatic rings. The van der Waals surface area contributed by atoms with Crippen molar-refractivity contribution in [2.45, 2.75) is 39.2 Å². The van der Waals surface area contributed by atoms with Crippen molar-refractivity contribution in [3.05, 3.63) is 51.5 Å². The van der Waals surface area contributed by atoms with Crippen molar-refractivity contribution in [3.63, 3.8) is 0 Å². The fourth-order valence-corrected chi connectivity index (χ4v) is 4.16. The lowest BCUT2D eigenvalue weighted by Gasteiger charge is -2.15. The Morgan fingerprint density at radius 1 is 1.38 bits per heavy atom. The Kier molecular flexibility index (Phi) is 5.63. The fourth-order valence-electron chi connectivity index (χ4n) is 3.21. The van der Waals surface area contributed by atoms with Gasteiger partial charge in [-0.25, -0.2) is 4.98 Å². The average Bonchev–Trinajstić information content (AvgIpc) is 3.20. The van der Waals surface area contributed by atoms with Crippen LogP contribution in [0.5, 0.6) is 0 Å². The van der Waals surface area contributed by atoms with E-state index in [1.165, 1.54) is 10.4 Å². The maximum atomic E-state index is 12.2. The number of likely N-dealkylation sites (tertiary alicyclic amines) is 1. The molecule has 0 spiro atoms. The van der Waals surface area contributed by atoms with Gasteiger partial charge in [0.05, 0.1) is 23.8 Å². The quantitative estimate of drug-likeness (QED) is 0.876. The number of carbonyl (C=O) groups is 1. The number of nitrogens with zero attached hydrogens (tertiary/aromatic N) is 2. The van der Waals surface area contributed by atoms with Crippen LogP contribution in [0, 0.1) is 6.92 Å². The second-order valence-electron chi connectivity index (χ2n) is 6.38. The highest BCUT2D eigenvalue weighted by atomic mass is 32.1. The summed E-state index contributed by atoms with van der Waals surface area (Å²) < 4.78 is 0. The first-order chi connectivity index (χ1) is 11.7. The van der Waals surface area contributed by atoms with Crippen molar-refractivity contribution in [2.75, 3.05) is 19.6 Å². The molecule has 128 valence electrons. The van der Waals surface area contributed by atoms with Crippen LogP contribution in [0.25, 0.3) is 0 Å². The van der Waals surface area contributed by atoms with Crippen molar-refractivity contribution >= 4 is 17.2 Å². The maximum Gasteiger partial charge on any atom is 0.234 e. The molecule has 1 unspecified atom stereocenters. The van der Waals surface area contributed by atoms with E-state index in [9.17, 15) is 4.79 Å². The summed E-state index contributed by atoms with van der Waals surface area (Å²) in [7, 11) is 0. The first-order valence-corrected chi connectivity index (χ1v) is 9.46. The third-order valence-electron chi connectivity index (χ3n) is 4.60. The molecule has 0 radical (unpaired) electrons. The number of nitrogens with one attached hydrogen (secondary N) is 1. The monoisotopic (exact) mass is 343 g/mol. The number of aromatic nitrogens is 1. The Labute approximate surface area is 147 Å². The first-order valence-electron chi connectivity index (χ1n) is 8.65. The Balaban J connectivity index is 1.46. The van der Waals surface area contributed by atoms with Crippen LogP contribution in [0.2, 0.25) is 0 Å². The van der Waals surface area contributed by atoms with E-state index >= 15 is 0 Å². The minimum absolute atomic E-state index is 0.106. The van der Waals surface area contributed by atoms with Crippen LogP contribution in [0.1, 0.15) is 40.4 Å². The van der Waals surface area contributed by atoms with E-state index in [1.807, 2.05) is 6.92 Å². The molecule has 1 saturated heterocycles. The van der Waals surface area contributed by atoms with Crippen LogP contribution < -0.4 is 5.32 Å². The molecule has 0 bridgehead atoms. The van der Waals surface area contributed by atoms with Crippen molar-refractivity contribution in [1.82, 2.24) is 15.2 Å². The third kappa shape index (κ3) is 4.22. The van der Waals surface area contributed by atoms with Crippen molar-refractivity contribution < 1.29 is 4.79 Å². The van der Waals surface area contributed by atoms with Crippen molar-refractivity contribution in [2.24, 2.45) is 0 Å². The van der Waals surface area contributed by atoms with Crippen LogP contribution in [-0.4, -0.2) is 35.4 Å². The van der Waals surface area contributed by atoms with Gasteiger partial charge in [0, 0.05) is 11.4 Å². The SMILES string of the molecule is CCc1nc(C)c(CNC(=O)CN2CCC(c3ccccc3)C2)s1. The summed E-state index contributed by atoms with van der Waals surface area (Å²) in [4.78, 5) is 20.2. The average molecular weight is 343 g/mol. The number of hydrogen-bond acceptors (Lipinski definition) is 4. The molecule has 1 fully saturated rings. The zero-order valence-corrected chi connectivity index (χ0v) is 15.2. The van der Waals surface area contributed by atoms with Gasteiger partial charge in [0.2, 0.25) is 5.91 Å². The molecule has 3 rings (SSSR count). The summed E-state index contributed by atoms with van der Waals surface area (Å²) in [5.41, 5.74) is 2.43. The van der Waals surface area contributed by atoms with Crippen molar-refractivity contribution in [1.29, 1.82) is 0 Å². The lowest BCUT2D eigenvalue weighted by Crippen LogP contribution is -2.35. The Morgan fingerprint density at radius 3 is 2.88 bits per heavy atom. The molecule has 1 atom stereocenters. The molecule has 1 aliphatic heterocycles. The molecule has 2 heterocycles. The molecule has 2 aromatic rings. The van der Waals surface area contributed by atoms with Gasteiger partial charge in [0.15, 0.2) is 0 Å². The largest absolute Gasteiger partial charge is 0.350 e. The summed E-state index contributed by atoms with van der Waals surface area (Å²) in [6.07, 6.45) is 2.08. The lowest BCUT2D eigenvalue weighted by atomic mass is 9.99. The van der Waals surface area contributed by atoms with Crippen LogP contribution in [-0.2, 0) is 17.8 Å². The second-order valence-corrected chi connectivity index (χ2v) is 7.55. The molecule has 0 saturated carbocycles. The normalized spacial score (nSPS) is 18.0. The van der Waals surface area contributed by atoms with Gasteiger partial charge in [0.1, 0.15) is 0 Å². The highest BCUT2D eigenvalue weighted by molar-refractivity contribution is 7.11. The highest BCUT2D eigenvalue weighted by Gasteiger charge is 2.25. The molecule has 1 aromatic heterocycles. The maximum absolute atomic E-state index is 12.2. The summed E-state index contributed by atoms with van der Waals surface area (Å²) in [5, 5.41) is 4.19. The summed E-state index contributed by atoms with van der Waals surface area (Å²) >= 11 is 1.70. The molecular weight excluding hydrogens is 318 g/mol. The van der Waals surface area contributed by atoms with Gasteiger partial charge < -0.3 is 5.32 Å². The predicted molar refractivity (Wildman–Crippen MR) is 98.3 cm³/mol. The van der Waals surface area contributed by atoms with E-state index in [0.29, 0.717) is 19.0 Å². The number of aryl methyl sites for hydroxylation is 2. The minimum Gasteiger partial charge on any atom is -0.350 e. The van der Waals surface area contributed by atoms with E-state index in [2.05, 4.69) is 52.5 Å². The highest BCUT2D eigenvalue weighted by Crippen LogP contribution is 2.26. The topological polar surface area (TPSA) is 45.2 Å². The summed E-state index contributed by atoms with van der Waals surface area (Å²) in [5.74, 6) is 0.657. The molecule has 5 heteroatoms. The standard InChI is InChI=1S/C19H25N3OS/c1-3-19-21-14(2)17(24-19)11-20-18(23)13-22-10-9-16(12-22)15-7-5-4-6-8-15/h4-8,16H,3,9-13H2,1-2H3,(H,20,23). The molecule has 1 aromatic carbocycles. The van der Waals surface area contributed by atoms with Gasteiger partial charge in [-0.1, -0.05) is 37.3 Å². The zero-order valence-electron chi connectivity index (χ0n) is 14.4. The van der Waals surface area contributed by atoms with Crippen LogP contribution in [0.3, 0.4) is 0 Å². The molecule has 1 amide bonds. The van der Waals surface area contributed by atoms with Gasteiger partial charge in [-0.3, -0.25) is 9.69 Å². The van der Waals surface area contributed by atoms with Crippen LogP contribution in [0.4, 0.5) is 0 Å². The molecule has 1 N–H and O–H groups in total. The second kappa shape index (κ2) is 7.90. The Morgan fingerprint density at radius 2 is 2.17 bits per heavy atom. The van der Waals surface area contributed by atoms with E-state index in [1.54, 1.807) is 11.3 Å². The zero-order chi connectivity index (χ0) is 16.9. The molecule has 4 nitrogen and oxygen atoms in total. The van der Waals surface area contributed by atoms with Gasteiger partial charge in [0.25, 0.3) is 0 Å². The summed E-state index contributed by atoms with van der Waals surface area (Å²) in [6, 6.07) is 10.6. The number of rotatable bonds is 6. The van der Waals surface area contributed by atoms with Gasteiger partial charge >= 0.3 is 0 Å². The molecular formula is C19H25N3OS. The van der Waals surface area contributed by atoms with E-state index in [4.69, 9.17) is 0 Å². The lowest BCUT2D eigenvalue weighted by molar-refractivity contribution is -0.122. The van der Waals surface area contributed by atoms with E-state index < -0.39 is 0 Å². The van der Waals surface area contributed by atoms with Gasteiger partial charge in [-0.05, 0) is 37.8 Å². The third-order valence-corrected chi connectivity index (χ3v) is 5.90. The van der Waals surface area contributed by atoms with Crippen LogP contribution in [0.15, 0.2) is 30.3 Å². The summed E-state index contributed by atoms with van der Waals surface area (Å²) in [6.45, 7) is 7.17. The smallest absolute Gasteiger partial charge is 0.234 e. The number of hydrogen-bond donors (Lipinski definition) is 1. The van der Waals surface area contributed by atoms with E-state index in [0.717, 1.165) is 36.6 Å². The first kappa shape index (κ1) is 17.1. The van der Waals surface area contributed by atoms with Crippen LogP contribution >= 0.6 is 11.3 Å². The Bertz CT molecular complexity index is 683. The minimum atomic E-state index is 0.106. The Hall–Kier alpha value is -1.72. The number of benzene rings is 1. The molecule has 0 aliphatic carbocycles. The van der Waals surface area contributed by atoms with Crippen molar-refractivity contribution in [3.8, 4) is 0 Å².